The maximum Gasteiger partial charge on any atom is 0.127 e. The van der Waals surface area contributed by atoms with E-state index in [1.165, 1.54) is 50.5 Å². The SMILES string of the molecule is CC1CCC(c2ccc(-c3ccc(C4CCCCC4)cc3)cc2F)CC1. The van der Waals surface area contributed by atoms with E-state index in [4.69, 9.17) is 0 Å². The molecule has 0 bridgehead atoms. The van der Waals surface area contributed by atoms with E-state index >= 15 is 0 Å². The van der Waals surface area contributed by atoms with Gasteiger partial charge in [-0.05, 0) is 71.8 Å². The van der Waals surface area contributed by atoms with E-state index in [9.17, 15) is 4.39 Å². The standard InChI is InChI=1S/C25H31F/c1-18-7-9-22(10-8-18)24-16-15-23(17-25(24)26)21-13-11-20(12-14-21)19-5-3-2-4-6-19/h11-19,22H,2-10H2,1H3. The van der Waals surface area contributed by atoms with E-state index in [2.05, 4.69) is 37.3 Å². The van der Waals surface area contributed by atoms with Crippen LogP contribution in [0.3, 0.4) is 0 Å². The zero-order valence-electron chi connectivity index (χ0n) is 16.0. The van der Waals surface area contributed by atoms with Crippen LogP contribution in [-0.2, 0) is 0 Å². The molecule has 2 aromatic rings. The van der Waals surface area contributed by atoms with Crippen LogP contribution >= 0.6 is 0 Å². The van der Waals surface area contributed by atoms with Crippen LogP contribution in [0.1, 0.15) is 87.7 Å². The van der Waals surface area contributed by atoms with Crippen molar-refractivity contribution < 1.29 is 4.39 Å². The fourth-order valence-corrected chi connectivity index (χ4v) is 4.99. The van der Waals surface area contributed by atoms with Gasteiger partial charge in [0.15, 0.2) is 0 Å². The molecule has 0 saturated heterocycles. The lowest BCUT2D eigenvalue weighted by atomic mass is 9.79. The highest BCUT2D eigenvalue weighted by atomic mass is 19.1. The maximum absolute atomic E-state index is 14.8. The molecule has 0 atom stereocenters. The third-order valence-electron chi connectivity index (χ3n) is 6.78. The van der Waals surface area contributed by atoms with Gasteiger partial charge in [0.05, 0.1) is 0 Å². The van der Waals surface area contributed by atoms with Crippen molar-refractivity contribution in [3.8, 4) is 11.1 Å². The smallest absolute Gasteiger partial charge is 0.127 e. The Balaban J connectivity index is 1.50. The molecular weight excluding hydrogens is 319 g/mol. The van der Waals surface area contributed by atoms with Crippen LogP contribution in [0.4, 0.5) is 4.39 Å². The first kappa shape index (κ1) is 17.8. The summed E-state index contributed by atoms with van der Waals surface area (Å²) in [5.74, 6) is 1.93. The van der Waals surface area contributed by atoms with Crippen molar-refractivity contribution in [2.75, 3.05) is 0 Å². The highest BCUT2D eigenvalue weighted by Crippen LogP contribution is 2.38. The minimum absolute atomic E-state index is 0.0154. The van der Waals surface area contributed by atoms with Gasteiger partial charge in [-0.2, -0.15) is 0 Å². The molecule has 0 heterocycles. The average molecular weight is 351 g/mol. The Morgan fingerprint density at radius 3 is 2.00 bits per heavy atom. The molecule has 0 spiro atoms. The first-order valence-electron chi connectivity index (χ1n) is 10.6. The highest BCUT2D eigenvalue weighted by Gasteiger charge is 2.22. The van der Waals surface area contributed by atoms with Crippen LogP contribution in [0.2, 0.25) is 0 Å². The molecule has 0 aromatic heterocycles. The molecule has 0 aliphatic heterocycles. The fraction of sp³-hybridized carbons (Fsp3) is 0.520. The molecule has 138 valence electrons. The predicted octanol–water partition coefficient (Wildman–Crippen LogP) is 7.83. The van der Waals surface area contributed by atoms with Gasteiger partial charge in [0, 0.05) is 0 Å². The van der Waals surface area contributed by atoms with Gasteiger partial charge in [-0.3, -0.25) is 0 Å². The van der Waals surface area contributed by atoms with E-state index in [0.717, 1.165) is 41.4 Å². The van der Waals surface area contributed by atoms with Gasteiger partial charge in [0.25, 0.3) is 0 Å². The van der Waals surface area contributed by atoms with Gasteiger partial charge in [-0.25, -0.2) is 4.39 Å². The molecule has 26 heavy (non-hydrogen) atoms. The topological polar surface area (TPSA) is 0 Å². The zero-order chi connectivity index (χ0) is 17.9. The number of hydrogen-bond donors (Lipinski definition) is 0. The van der Waals surface area contributed by atoms with Crippen molar-refractivity contribution in [2.45, 2.75) is 76.5 Å². The Morgan fingerprint density at radius 2 is 1.35 bits per heavy atom. The quantitative estimate of drug-likeness (QED) is 0.529. The first-order chi connectivity index (χ1) is 12.7. The zero-order valence-corrected chi connectivity index (χ0v) is 16.0. The molecule has 0 unspecified atom stereocenters. The number of hydrogen-bond acceptors (Lipinski definition) is 0. The van der Waals surface area contributed by atoms with Crippen LogP contribution in [-0.4, -0.2) is 0 Å². The second-order valence-corrected chi connectivity index (χ2v) is 8.65. The van der Waals surface area contributed by atoms with Gasteiger partial charge in [-0.1, -0.05) is 75.4 Å². The van der Waals surface area contributed by atoms with Gasteiger partial charge in [0.1, 0.15) is 5.82 Å². The summed E-state index contributed by atoms with van der Waals surface area (Å²) in [6.45, 7) is 2.31. The summed E-state index contributed by atoms with van der Waals surface area (Å²) in [5.41, 5.74) is 4.53. The molecule has 2 aliphatic rings. The van der Waals surface area contributed by atoms with Crippen molar-refractivity contribution in [2.24, 2.45) is 5.92 Å². The molecule has 0 radical (unpaired) electrons. The maximum atomic E-state index is 14.8. The molecule has 2 aromatic carbocycles. The van der Waals surface area contributed by atoms with Gasteiger partial charge < -0.3 is 0 Å². The summed E-state index contributed by atoms with van der Waals surface area (Å²) < 4.78 is 14.8. The number of rotatable bonds is 3. The lowest BCUT2D eigenvalue weighted by Gasteiger charge is -2.27. The fourth-order valence-electron chi connectivity index (χ4n) is 4.99. The van der Waals surface area contributed by atoms with Gasteiger partial charge >= 0.3 is 0 Å². The van der Waals surface area contributed by atoms with Crippen molar-refractivity contribution in [3.63, 3.8) is 0 Å². The second kappa shape index (κ2) is 7.94. The van der Waals surface area contributed by atoms with Crippen LogP contribution in [0, 0.1) is 11.7 Å². The van der Waals surface area contributed by atoms with Crippen LogP contribution in [0.25, 0.3) is 11.1 Å². The third-order valence-corrected chi connectivity index (χ3v) is 6.78. The molecule has 0 nitrogen and oxygen atoms in total. The van der Waals surface area contributed by atoms with Crippen LogP contribution in [0.15, 0.2) is 42.5 Å². The largest absolute Gasteiger partial charge is 0.207 e. The summed E-state index contributed by atoms with van der Waals surface area (Å²) >= 11 is 0. The summed E-state index contributed by atoms with van der Waals surface area (Å²) in [6, 6.07) is 14.8. The Labute approximate surface area is 157 Å². The highest BCUT2D eigenvalue weighted by molar-refractivity contribution is 5.64. The van der Waals surface area contributed by atoms with Crippen molar-refractivity contribution in [1.29, 1.82) is 0 Å². The van der Waals surface area contributed by atoms with E-state index in [0.29, 0.717) is 5.92 Å². The number of halogens is 1. The molecule has 1 heteroatoms. The Hall–Kier alpha value is -1.63. The lowest BCUT2D eigenvalue weighted by molar-refractivity contribution is 0.342. The summed E-state index contributed by atoms with van der Waals surface area (Å²) in [7, 11) is 0. The first-order valence-corrected chi connectivity index (χ1v) is 10.6. The number of benzene rings is 2. The normalized spacial score (nSPS) is 24.5. The summed E-state index contributed by atoms with van der Waals surface area (Å²) in [4.78, 5) is 0. The van der Waals surface area contributed by atoms with E-state index in [1.54, 1.807) is 6.07 Å². The minimum atomic E-state index is -0.0154. The van der Waals surface area contributed by atoms with E-state index in [-0.39, 0.29) is 5.82 Å². The van der Waals surface area contributed by atoms with Gasteiger partial charge in [0.2, 0.25) is 0 Å². The molecule has 2 fully saturated rings. The Kier molecular flexibility index (Phi) is 5.43. The molecule has 0 N–H and O–H groups in total. The molecule has 0 amide bonds. The van der Waals surface area contributed by atoms with Crippen LogP contribution < -0.4 is 0 Å². The monoisotopic (exact) mass is 350 g/mol. The molecule has 2 saturated carbocycles. The summed E-state index contributed by atoms with van der Waals surface area (Å²) in [6.07, 6.45) is 11.5. The lowest BCUT2D eigenvalue weighted by Crippen LogP contribution is -2.12. The molecule has 2 aliphatic carbocycles. The van der Waals surface area contributed by atoms with Gasteiger partial charge in [-0.15, -0.1) is 0 Å². The Morgan fingerprint density at radius 1 is 0.692 bits per heavy atom. The van der Waals surface area contributed by atoms with Crippen molar-refractivity contribution in [1.82, 2.24) is 0 Å². The van der Waals surface area contributed by atoms with Crippen molar-refractivity contribution in [3.05, 3.63) is 59.4 Å². The third kappa shape index (κ3) is 3.87. The predicted molar refractivity (Wildman–Crippen MR) is 108 cm³/mol. The van der Waals surface area contributed by atoms with Crippen molar-refractivity contribution >= 4 is 0 Å². The second-order valence-electron chi connectivity index (χ2n) is 8.65. The minimum Gasteiger partial charge on any atom is -0.207 e. The Bertz CT molecular complexity index is 716. The average Bonchev–Trinajstić information content (AvgIpc) is 2.70. The van der Waals surface area contributed by atoms with E-state index in [1.807, 2.05) is 6.07 Å². The molecule has 4 rings (SSSR count). The van der Waals surface area contributed by atoms with E-state index < -0.39 is 0 Å². The molecular formula is C25H31F. The van der Waals surface area contributed by atoms with Crippen LogP contribution in [0.5, 0.6) is 0 Å². The summed E-state index contributed by atoms with van der Waals surface area (Å²) in [5, 5.41) is 0.